The van der Waals surface area contributed by atoms with E-state index in [-0.39, 0.29) is 12.2 Å². The Morgan fingerprint density at radius 1 is 1.07 bits per heavy atom. The van der Waals surface area contributed by atoms with Gasteiger partial charge in [0.2, 0.25) is 0 Å². The Bertz CT molecular complexity index is 1150. The molecule has 4 rings (SSSR count). The normalized spacial score (nSPS) is 11.5. The van der Waals surface area contributed by atoms with Crippen LogP contribution >= 0.6 is 0 Å². The second kappa shape index (κ2) is 6.99. The van der Waals surface area contributed by atoms with Crippen LogP contribution in [0.1, 0.15) is 52.9 Å². The minimum Gasteiger partial charge on any atom is -0.339 e. The van der Waals surface area contributed by atoms with E-state index in [0.29, 0.717) is 11.6 Å². The minimum absolute atomic E-state index is 0.0172. The number of aromatic nitrogens is 6. The number of ketones is 1. The van der Waals surface area contributed by atoms with Gasteiger partial charge in [-0.25, -0.2) is 15.0 Å². The monoisotopic (exact) mass is 374 g/mol. The van der Waals surface area contributed by atoms with Crippen LogP contribution in [-0.2, 0) is 6.42 Å². The third-order valence-corrected chi connectivity index (χ3v) is 4.91. The summed E-state index contributed by atoms with van der Waals surface area (Å²) < 4.78 is 0. The van der Waals surface area contributed by atoms with Crippen LogP contribution in [0.2, 0.25) is 0 Å². The van der Waals surface area contributed by atoms with Crippen LogP contribution in [0, 0.1) is 13.8 Å². The van der Waals surface area contributed by atoms with Gasteiger partial charge in [-0.15, -0.1) is 0 Å². The first-order valence-electron chi connectivity index (χ1n) is 9.27. The third kappa shape index (κ3) is 3.31. The van der Waals surface area contributed by atoms with Crippen molar-refractivity contribution in [3.8, 4) is 11.3 Å². The second-order valence-electron chi connectivity index (χ2n) is 7.37. The molecule has 0 saturated heterocycles. The molecule has 2 N–H and O–H groups in total. The van der Waals surface area contributed by atoms with Crippen molar-refractivity contribution >= 4 is 16.8 Å². The molecule has 0 unspecified atom stereocenters. The van der Waals surface area contributed by atoms with E-state index >= 15 is 0 Å². The number of aromatic amines is 2. The van der Waals surface area contributed by atoms with Gasteiger partial charge in [-0.3, -0.25) is 9.89 Å². The highest BCUT2D eigenvalue weighted by molar-refractivity contribution is 5.97. The van der Waals surface area contributed by atoms with Crippen molar-refractivity contribution < 1.29 is 4.79 Å². The fourth-order valence-corrected chi connectivity index (χ4v) is 3.11. The highest BCUT2D eigenvalue weighted by Crippen LogP contribution is 2.24. The van der Waals surface area contributed by atoms with Crippen molar-refractivity contribution in [2.24, 2.45) is 0 Å². The Morgan fingerprint density at radius 3 is 2.46 bits per heavy atom. The van der Waals surface area contributed by atoms with Gasteiger partial charge in [0.1, 0.15) is 17.2 Å². The summed E-state index contributed by atoms with van der Waals surface area (Å²) in [4.78, 5) is 29.2. The van der Waals surface area contributed by atoms with Crippen molar-refractivity contribution in [2.45, 2.75) is 40.0 Å². The van der Waals surface area contributed by atoms with Crippen molar-refractivity contribution in [1.29, 1.82) is 0 Å². The Hall–Kier alpha value is -3.35. The molecule has 0 spiro atoms. The Kier molecular flexibility index (Phi) is 4.50. The number of carbonyl (C=O) groups excluding carboxylic acids is 1. The molecule has 7 heteroatoms. The first-order valence-corrected chi connectivity index (χ1v) is 9.27. The minimum atomic E-state index is -0.0172. The predicted molar refractivity (Wildman–Crippen MR) is 107 cm³/mol. The van der Waals surface area contributed by atoms with E-state index in [0.717, 1.165) is 44.9 Å². The number of H-pyrrole nitrogens is 2. The van der Waals surface area contributed by atoms with Crippen molar-refractivity contribution in [3.05, 3.63) is 59.1 Å². The maximum absolute atomic E-state index is 12.6. The lowest BCUT2D eigenvalue weighted by Crippen LogP contribution is -2.06. The molecule has 4 aromatic rings. The van der Waals surface area contributed by atoms with E-state index in [1.807, 2.05) is 38.4 Å². The molecule has 0 bridgehead atoms. The molecule has 4 heterocycles. The zero-order valence-electron chi connectivity index (χ0n) is 16.4. The zero-order valence-corrected chi connectivity index (χ0v) is 16.4. The average molecular weight is 374 g/mol. The molecule has 0 amide bonds. The summed E-state index contributed by atoms with van der Waals surface area (Å²) in [5.41, 5.74) is 5.74. The summed E-state index contributed by atoms with van der Waals surface area (Å²) in [5, 5.41) is 7.93. The molecule has 142 valence electrons. The number of nitrogens with one attached hydrogen (secondary N) is 2. The molecular formula is C21H22N6O. The molecule has 0 aliphatic carbocycles. The van der Waals surface area contributed by atoms with Gasteiger partial charge in [-0.2, -0.15) is 5.10 Å². The van der Waals surface area contributed by atoms with Crippen LogP contribution < -0.4 is 0 Å². The highest BCUT2D eigenvalue weighted by Gasteiger charge is 2.16. The van der Waals surface area contributed by atoms with E-state index in [2.05, 4.69) is 44.0 Å². The lowest BCUT2D eigenvalue weighted by molar-refractivity contribution is 0.0987. The van der Waals surface area contributed by atoms with Gasteiger partial charge in [0, 0.05) is 53.1 Å². The Balaban J connectivity index is 1.59. The number of pyridine rings is 1. The molecule has 0 atom stereocenters. The fourth-order valence-electron chi connectivity index (χ4n) is 3.11. The molecule has 7 nitrogen and oxygen atoms in total. The molecular weight excluding hydrogens is 352 g/mol. The van der Waals surface area contributed by atoms with Crippen LogP contribution in [0.5, 0.6) is 0 Å². The molecule has 0 aliphatic rings. The lowest BCUT2D eigenvalue weighted by atomic mass is 10.0. The van der Waals surface area contributed by atoms with Gasteiger partial charge in [0.05, 0.1) is 5.69 Å². The molecule has 0 saturated carbocycles. The van der Waals surface area contributed by atoms with Gasteiger partial charge in [-0.05, 0) is 31.5 Å². The van der Waals surface area contributed by atoms with E-state index in [1.165, 1.54) is 0 Å². The van der Waals surface area contributed by atoms with Crippen LogP contribution in [0.25, 0.3) is 22.3 Å². The molecule has 4 aromatic heterocycles. The smallest absolute Gasteiger partial charge is 0.187 e. The number of hydrogen-bond acceptors (Lipinski definition) is 5. The van der Waals surface area contributed by atoms with Gasteiger partial charge in [-0.1, -0.05) is 13.8 Å². The first-order chi connectivity index (χ1) is 13.4. The quantitative estimate of drug-likeness (QED) is 0.516. The number of nitrogens with zero attached hydrogens (tertiary/aromatic N) is 4. The summed E-state index contributed by atoms with van der Waals surface area (Å²) in [7, 11) is 0. The van der Waals surface area contributed by atoms with E-state index in [1.54, 1.807) is 6.20 Å². The molecule has 0 fully saturated rings. The van der Waals surface area contributed by atoms with Crippen LogP contribution in [0.4, 0.5) is 0 Å². The first kappa shape index (κ1) is 18.0. The number of hydrogen-bond donors (Lipinski definition) is 2. The van der Waals surface area contributed by atoms with Gasteiger partial charge in [0.25, 0.3) is 0 Å². The van der Waals surface area contributed by atoms with Crippen molar-refractivity contribution in [1.82, 2.24) is 30.1 Å². The molecule has 28 heavy (non-hydrogen) atoms. The van der Waals surface area contributed by atoms with E-state index < -0.39 is 0 Å². The number of fused-ring (bicyclic) bond motifs is 1. The molecule has 0 radical (unpaired) electrons. The van der Waals surface area contributed by atoms with Crippen LogP contribution in [0.3, 0.4) is 0 Å². The van der Waals surface area contributed by atoms with Gasteiger partial charge >= 0.3 is 0 Å². The number of aryl methyl sites for hydroxylation is 1. The van der Waals surface area contributed by atoms with Gasteiger partial charge < -0.3 is 4.98 Å². The summed E-state index contributed by atoms with van der Waals surface area (Å²) in [6.07, 6.45) is 5.63. The van der Waals surface area contributed by atoms with E-state index in [4.69, 9.17) is 0 Å². The largest absolute Gasteiger partial charge is 0.339 e. The summed E-state index contributed by atoms with van der Waals surface area (Å²) >= 11 is 0. The zero-order chi connectivity index (χ0) is 19.8. The lowest BCUT2D eigenvalue weighted by Gasteiger charge is -2.03. The summed E-state index contributed by atoms with van der Waals surface area (Å²) in [6, 6.07) is 3.99. The maximum atomic E-state index is 12.6. The average Bonchev–Trinajstić information content (AvgIpc) is 3.25. The number of carbonyl (C=O) groups is 1. The molecule has 0 aromatic carbocycles. The summed E-state index contributed by atoms with van der Waals surface area (Å²) in [5.74, 6) is 1.10. The van der Waals surface area contributed by atoms with Crippen LogP contribution in [0.15, 0.2) is 30.7 Å². The van der Waals surface area contributed by atoms with Gasteiger partial charge in [0.15, 0.2) is 5.78 Å². The topological polar surface area (TPSA) is 100 Å². The van der Waals surface area contributed by atoms with Crippen molar-refractivity contribution in [3.63, 3.8) is 0 Å². The maximum Gasteiger partial charge on any atom is 0.187 e. The Morgan fingerprint density at radius 2 is 1.82 bits per heavy atom. The number of Topliss-reactive ketones (excluding diaryl/α,β-unsaturated/α-hetero) is 1. The van der Waals surface area contributed by atoms with Crippen molar-refractivity contribution in [2.75, 3.05) is 0 Å². The fraction of sp³-hybridized carbons (Fsp3) is 0.286. The SMILES string of the molecule is Cc1[nH]nc(C(=O)Cc2cnc3[nH]c(-c4cnc(C(C)C)nc4)cc3c2)c1C. The predicted octanol–water partition coefficient (Wildman–Crippen LogP) is 3.91. The standard InChI is InChI=1S/C21H22N6O/c1-11(2)20-23-9-16(10-24-20)17-7-15-5-14(8-22-21(15)25-17)6-18(28)19-12(3)13(4)26-27-19/h5,7-11H,6H2,1-4H3,(H,22,25)(H,26,27). The highest BCUT2D eigenvalue weighted by atomic mass is 16.1. The molecule has 0 aliphatic heterocycles. The third-order valence-electron chi connectivity index (χ3n) is 4.91. The van der Waals surface area contributed by atoms with Crippen LogP contribution in [-0.4, -0.2) is 35.9 Å². The number of rotatable bonds is 5. The Labute approximate surface area is 162 Å². The summed E-state index contributed by atoms with van der Waals surface area (Å²) in [6.45, 7) is 7.94. The second-order valence-corrected chi connectivity index (χ2v) is 7.37. The van der Waals surface area contributed by atoms with E-state index in [9.17, 15) is 4.79 Å².